The van der Waals surface area contributed by atoms with Gasteiger partial charge in [-0.3, -0.25) is 14.4 Å². The second-order valence-corrected chi connectivity index (χ2v) is 9.42. The number of para-hydroxylation sites is 1. The maximum atomic E-state index is 13.3. The SMILES string of the molecule is CC(C)(N)C(NC(=O)[C@H](Cc1c[nH]c2ccccc12)NC(=O)C[C@H](N)C(=O)O)C(C)(C)N. The van der Waals surface area contributed by atoms with Crippen LogP contribution >= 0.6 is 0 Å². The maximum absolute atomic E-state index is 13.3. The number of carboxylic acid groups (broad SMARTS) is 1. The van der Waals surface area contributed by atoms with Crippen LogP contribution in [-0.2, 0) is 20.8 Å². The molecule has 1 aromatic heterocycles. The third-order valence-corrected chi connectivity index (χ3v) is 5.25. The molecule has 0 aliphatic carbocycles. The van der Waals surface area contributed by atoms with Gasteiger partial charge in [-0.05, 0) is 39.3 Å². The lowest BCUT2D eigenvalue weighted by molar-refractivity contribution is -0.140. The van der Waals surface area contributed by atoms with Gasteiger partial charge in [0.2, 0.25) is 11.8 Å². The third-order valence-electron chi connectivity index (χ3n) is 5.25. The second kappa shape index (κ2) is 9.68. The molecule has 10 N–H and O–H groups in total. The van der Waals surface area contributed by atoms with Crippen molar-refractivity contribution >= 4 is 28.7 Å². The first-order valence-electron chi connectivity index (χ1n) is 10.4. The lowest BCUT2D eigenvalue weighted by atomic mass is 9.81. The molecule has 2 amide bonds. The molecule has 1 aromatic carbocycles. The van der Waals surface area contributed by atoms with Crippen LogP contribution in [0.2, 0.25) is 0 Å². The summed E-state index contributed by atoms with van der Waals surface area (Å²) in [5.74, 6) is -2.42. The molecule has 2 rings (SSSR count). The molecular formula is C22H34N6O4. The Labute approximate surface area is 187 Å². The average Bonchev–Trinajstić information content (AvgIpc) is 3.06. The average molecular weight is 447 g/mol. The topological polar surface area (TPSA) is 189 Å². The number of amides is 2. The molecule has 0 unspecified atom stereocenters. The molecule has 0 spiro atoms. The number of aromatic nitrogens is 1. The van der Waals surface area contributed by atoms with Gasteiger partial charge in [-0.15, -0.1) is 0 Å². The zero-order valence-corrected chi connectivity index (χ0v) is 18.9. The number of nitrogens with one attached hydrogen (secondary N) is 3. The first-order valence-corrected chi connectivity index (χ1v) is 10.4. The fraction of sp³-hybridized carbons (Fsp3) is 0.500. The Balaban J connectivity index is 2.31. The fourth-order valence-corrected chi connectivity index (χ4v) is 3.84. The third kappa shape index (κ3) is 6.52. The molecule has 0 fully saturated rings. The van der Waals surface area contributed by atoms with E-state index >= 15 is 0 Å². The Morgan fingerprint density at radius 2 is 1.66 bits per heavy atom. The summed E-state index contributed by atoms with van der Waals surface area (Å²) in [6.45, 7) is 7.02. The minimum absolute atomic E-state index is 0.173. The molecule has 0 radical (unpaired) electrons. The first kappa shape index (κ1) is 25.3. The molecule has 0 saturated carbocycles. The van der Waals surface area contributed by atoms with Crippen molar-refractivity contribution in [3.63, 3.8) is 0 Å². The molecule has 10 heteroatoms. The van der Waals surface area contributed by atoms with Crippen molar-refractivity contribution in [2.75, 3.05) is 0 Å². The van der Waals surface area contributed by atoms with Crippen LogP contribution in [0.3, 0.4) is 0 Å². The van der Waals surface area contributed by atoms with Gasteiger partial charge in [-0.25, -0.2) is 0 Å². The fourth-order valence-electron chi connectivity index (χ4n) is 3.84. The minimum atomic E-state index is -1.37. The Morgan fingerprint density at radius 3 is 2.22 bits per heavy atom. The molecule has 2 aromatic rings. The Kier molecular flexibility index (Phi) is 7.66. The van der Waals surface area contributed by atoms with Gasteiger partial charge >= 0.3 is 5.97 Å². The minimum Gasteiger partial charge on any atom is -0.480 e. The highest BCUT2D eigenvalue weighted by molar-refractivity contribution is 5.91. The number of carbonyl (C=O) groups is 3. The van der Waals surface area contributed by atoms with E-state index in [4.69, 9.17) is 22.3 Å². The zero-order valence-electron chi connectivity index (χ0n) is 18.9. The van der Waals surface area contributed by atoms with E-state index in [9.17, 15) is 14.4 Å². The summed E-state index contributed by atoms with van der Waals surface area (Å²) >= 11 is 0. The summed E-state index contributed by atoms with van der Waals surface area (Å²) < 4.78 is 0. The van der Waals surface area contributed by atoms with E-state index in [-0.39, 0.29) is 6.42 Å². The van der Waals surface area contributed by atoms with Crippen molar-refractivity contribution in [2.24, 2.45) is 17.2 Å². The van der Waals surface area contributed by atoms with Gasteiger partial charge < -0.3 is 37.9 Å². The van der Waals surface area contributed by atoms with Gasteiger partial charge in [0.1, 0.15) is 12.1 Å². The lowest BCUT2D eigenvalue weighted by Crippen LogP contribution is -2.68. The lowest BCUT2D eigenvalue weighted by Gasteiger charge is -2.41. The number of rotatable bonds is 10. The summed E-state index contributed by atoms with van der Waals surface area (Å²) in [7, 11) is 0. The van der Waals surface area contributed by atoms with Crippen LogP contribution in [0.15, 0.2) is 30.5 Å². The quantitative estimate of drug-likeness (QED) is 0.266. The summed E-state index contributed by atoms with van der Waals surface area (Å²) in [6.07, 6.45) is 1.49. The van der Waals surface area contributed by atoms with Gasteiger partial charge in [-0.1, -0.05) is 18.2 Å². The monoisotopic (exact) mass is 446 g/mol. The molecule has 0 aliphatic heterocycles. The first-order chi connectivity index (χ1) is 14.7. The molecule has 1 heterocycles. The van der Waals surface area contributed by atoms with E-state index < -0.39 is 53.4 Å². The van der Waals surface area contributed by atoms with Crippen LogP contribution < -0.4 is 27.8 Å². The van der Waals surface area contributed by atoms with Gasteiger partial charge in [0.25, 0.3) is 0 Å². The van der Waals surface area contributed by atoms with E-state index in [1.54, 1.807) is 33.9 Å². The number of hydrogen-bond donors (Lipinski definition) is 7. The van der Waals surface area contributed by atoms with Crippen LogP contribution in [-0.4, -0.2) is 57.1 Å². The molecule has 10 nitrogen and oxygen atoms in total. The van der Waals surface area contributed by atoms with E-state index in [1.165, 1.54) is 0 Å². The Bertz CT molecular complexity index is 959. The molecule has 0 aliphatic rings. The maximum Gasteiger partial charge on any atom is 0.321 e. The van der Waals surface area contributed by atoms with Crippen molar-refractivity contribution in [3.8, 4) is 0 Å². The highest BCUT2D eigenvalue weighted by Crippen LogP contribution is 2.20. The number of hydrogen-bond acceptors (Lipinski definition) is 6. The number of carboxylic acids is 1. The molecule has 176 valence electrons. The highest BCUT2D eigenvalue weighted by Gasteiger charge is 2.38. The number of aromatic amines is 1. The largest absolute Gasteiger partial charge is 0.480 e. The molecule has 0 bridgehead atoms. The van der Waals surface area contributed by atoms with Crippen molar-refractivity contribution in [1.82, 2.24) is 15.6 Å². The van der Waals surface area contributed by atoms with Gasteiger partial charge in [0, 0.05) is 34.6 Å². The molecule has 2 atom stereocenters. The standard InChI is InChI=1S/C22H34N6O4/c1-21(2,24)20(22(3,4)25)28-18(30)16(27-17(29)10-14(23)19(31)32)9-12-11-26-15-8-6-5-7-13(12)15/h5-8,11,14,16,20,26H,9-10,23-25H2,1-4H3,(H,27,29)(H,28,30)(H,31,32)/t14-,16-/m0/s1. The van der Waals surface area contributed by atoms with Gasteiger partial charge in [0.05, 0.1) is 12.5 Å². The summed E-state index contributed by atoms with van der Waals surface area (Å²) in [5.41, 5.74) is 18.0. The van der Waals surface area contributed by atoms with Crippen molar-refractivity contribution < 1.29 is 19.5 Å². The summed E-state index contributed by atoms with van der Waals surface area (Å²) in [5, 5.41) is 15.4. The number of nitrogens with two attached hydrogens (primary N) is 3. The van der Waals surface area contributed by atoms with E-state index in [2.05, 4.69) is 15.6 Å². The zero-order chi connectivity index (χ0) is 24.3. The van der Waals surface area contributed by atoms with Crippen LogP contribution in [0.1, 0.15) is 39.7 Å². The summed E-state index contributed by atoms with van der Waals surface area (Å²) in [4.78, 5) is 39.9. The van der Waals surface area contributed by atoms with E-state index in [1.807, 2.05) is 24.3 Å². The van der Waals surface area contributed by atoms with E-state index in [0.717, 1.165) is 16.5 Å². The molecule has 32 heavy (non-hydrogen) atoms. The smallest absolute Gasteiger partial charge is 0.321 e. The number of H-pyrrole nitrogens is 1. The van der Waals surface area contributed by atoms with Crippen LogP contribution in [0, 0.1) is 0 Å². The normalized spacial score (nSPS) is 14.2. The predicted molar refractivity (Wildman–Crippen MR) is 123 cm³/mol. The van der Waals surface area contributed by atoms with Crippen molar-refractivity contribution in [3.05, 3.63) is 36.0 Å². The highest BCUT2D eigenvalue weighted by atomic mass is 16.4. The Hall–Kier alpha value is -2.95. The van der Waals surface area contributed by atoms with Crippen molar-refractivity contribution in [2.45, 2.75) is 69.7 Å². The number of fused-ring (bicyclic) bond motifs is 1. The van der Waals surface area contributed by atoms with Gasteiger partial charge in [-0.2, -0.15) is 0 Å². The summed E-state index contributed by atoms with van der Waals surface area (Å²) in [6, 6.07) is 4.61. The molecular weight excluding hydrogens is 412 g/mol. The molecule has 0 saturated heterocycles. The Morgan fingerprint density at radius 1 is 1.06 bits per heavy atom. The number of aliphatic carboxylic acids is 1. The van der Waals surface area contributed by atoms with Crippen LogP contribution in [0.5, 0.6) is 0 Å². The van der Waals surface area contributed by atoms with Crippen LogP contribution in [0.4, 0.5) is 0 Å². The van der Waals surface area contributed by atoms with E-state index in [0.29, 0.717) is 0 Å². The van der Waals surface area contributed by atoms with Crippen LogP contribution in [0.25, 0.3) is 10.9 Å². The van der Waals surface area contributed by atoms with Gasteiger partial charge in [0.15, 0.2) is 0 Å². The number of benzene rings is 1. The predicted octanol–water partition coefficient (Wildman–Crippen LogP) is -0.0434. The second-order valence-electron chi connectivity index (χ2n) is 9.42. The number of carbonyl (C=O) groups excluding carboxylic acids is 2. The van der Waals surface area contributed by atoms with Crippen molar-refractivity contribution in [1.29, 1.82) is 0 Å².